The largest absolute Gasteiger partial charge is 0.353 e. The molecule has 0 bridgehead atoms. The van der Waals surface area contributed by atoms with Gasteiger partial charge in [-0.1, -0.05) is 0 Å². The molecule has 1 aromatic rings. The fourth-order valence-electron chi connectivity index (χ4n) is 3.30. The molecule has 1 N–H and O–H groups in total. The van der Waals surface area contributed by atoms with Gasteiger partial charge in [0, 0.05) is 38.8 Å². The summed E-state index contributed by atoms with van der Waals surface area (Å²) in [5.41, 5.74) is 0. The maximum absolute atomic E-state index is 12.4. The molecule has 2 saturated heterocycles. The number of halogens is 2. The number of anilines is 1. The van der Waals surface area contributed by atoms with Crippen molar-refractivity contribution in [2.24, 2.45) is 5.92 Å². The third-order valence-electron chi connectivity index (χ3n) is 4.66. The number of nitrogens with zero attached hydrogens (tertiary/aromatic N) is 4. The van der Waals surface area contributed by atoms with Crippen LogP contribution in [0, 0.1) is 5.92 Å². The molecule has 2 aliphatic rings. The van der Waals surface area contributed by atoms with Crippen LogP contribution in [0.25, 0.3) is 0 Å². The van der Waals surface area contributed by atoms with E-state index in [9.17, 15) is 4.79 Å². The molecular formula is C16H27Cl2N5O. The lowest BCUT2D eigenvalue weighted by atomic mass is 10.0. The molecule has 2 fully saturated rings. The SMILES string of the molecule is Cl.Cl.O=C(CCC1CCNC1)N1CCCN(c2cccnn2)CC1. The van der Waals surface area contributed by atoms with Crippen LogP contribution in [0.15, 0.2) is 18.3 Å². The van der Waals surface area contributed by atoms with Gasteiger partial charge in [-0.15, -0.1) is 29.9 Å². The highest BCUT2D eigenvalue weighted by atomic mass is 35.5. The molecule has 1 atom stereocenters. The highest BCUT2D eigenvalue weighted by molar-refractivity contribution is 5.85. The van der Waals surface area contributed by atoms with Gasteiger partial charge in [0.25, 0.3) is 0 Å². The van der Waals surface area contributed by atoms with E-state index in [-0.39, 0.29) is 24.8 Å². The monoisotopic (exact) mass is 375 g/mol. The second kappa shape index (κ2) is 10.7. The van der Waals surface area contributed by atoms with Gasteiger partial charge in [-0.2, -0.15) is 5.10 Å². The Morgan fingerprint density at radius 3 is 2.83 bits per heavy atom. The number of hydrogen-bond donors (Lipinski definition) is 1. The van der Waals surface area contributed by atoms with Crippen molar-refractivity contribution in [1.29, 1.82) is 0 Å². The number of rotatable bonds is 4. The number of hydrogen-bond acceptors (Lipinski definition) is 5. The Morgan fingerprint density at radius 2 is 2.12 bits per heavy atom. The molecule has 0 aromatic carbocycles. The van der Waals surface area contributed by atoms with E-state index in [2.05, 4.69) is 20.4 Å². The van der Waals surface area contributed by atoms with Crippen LogP contribution in [0.4, 0.5) is 5.82 Å². The van der Waals surface area contributed by atoms with Crippen molar-refractivity contribution in [3.63, 3.8) is 0 Å². The summed E-state index contributed by atoms with van der Waals surface area (Å²) in [5, 5.41) is 11.5. The lowest BCUT2D eigenvalue weighted by molar-refractivity contribution is -0.131. The highest BCUT2D eigenvalue weighted by Crippen LogP contribution is 2.17. The van der Waals surface area contributed by atoms with E-state index in [0.717, 1.165) is 57.9 Å². The van der Waals surface area contributed by atoms with Gasteiger partial charge in [-0.25, -0.2) is 0 Å². The lowest BCUT2D eigenvalue weighted by Gasteiger charge is -2.22. The van der Waals surface area contributed by atoms with Crippen molar-refractivity contribution < 1.29 is 4.79 Å². The molecule has 136 valence electrons. The Morgan fingerprint density at radius 1 is 1.25 bits per heavy atom. The van der Waals surface area contributed by atoms with Gasteiger partial charge in [-0.05, 0) is 50.4 Å². The zero-order valence-electron chi connectivity index (χ0n) is 13.9. The fraction of sp³-hybridized carbons (Fsp3) is 0.688. The van der Waals surface area contributed by atoms with Crippen LogP contribution >= 0.6 is 24.8 Å². The molecule has 0 saturated carbocycles. The summed E-state index contributed by atoms with van der Waals surface area (Å²) in [6.07, 6.45) is 5.61. The van der Waals surface area contributed by atoms with E-state index in [1.165, 1.54) is 6.42 Å². The smallest absolute Gasteiger partial charge is 0.222 e. The van der Waals surface area contributed by atoms with Crippen LogP contribution in [0.2, 0.25) is 0 Å². The van der Waals surface area contributed by atoms with Crippen molar-refractivity contribution in [1.82, 2.24) is 20.4 Å². The predicted molar refractivity (Wildman–Crippen MR) is 100 cm³/mol. The van der Waals surface area contributed by atoms with Crippen LogP contribution < -0.4 is 10.2 Å². The van der Waals surface area contributed by atoms with E-state index in [1.807, 2.05) is 17.0 Å². The van der Waals surface area contributed by atoms with E-state index in [0.29, 0.717) is 18.2 Å². The summed E-state index contributed by atoms with van der Waals surface area (Å²) in [6.45, 7) is 5.62. The van der Waals surface area contributed by atoms with Crippen molar-refractivity contribution in [3.05, 3.63) is 18.3 Å². The summed E-state index contributed by atoms with van der Waals surface area (Å²) in [7, 11) is 0. The van der Waals surface area contributed by atoms with E-state index >= 15 is 0 Å². The molecule has 6 nitrogen and oxygen atoms in total. The first-order chi connectivity index (χ1) is 10.8. The number of aromatic nitrogens is 2. The summed E-state index contributed by atoms with van der Waals surface area (Å²) < 4.78 is 0. The Balaban J connectivity index is 0.00000144. The van der Waals surface area contributed by atoms with Gasteiger partial charge in [0.1, 0.15) is 0 Å². The maximum atomic E-state index is 12.4. The average Bonchev–Trinajstić information content (AvgIpc) is 2.96. The molecular weight excluding hydrogens is 349 g/mol. The third kappa shape index (κ3) is 5.76. The quantitative estimate of drug-likeness (QED) is 0.868. The van der Waals surface area contributed by atoms with Crippen molar-refractivity contribution in [3.8, 4) is 0 Å². The average molecular weight is 376 g/mol. The molecule has 1 aromatic heterocycles. The summed E-state index contributed by atoms with van der Waals surface area (Å²) in [5.74, 6) is 1.91. The summed E-state index contributed by atoms with van der Waals surface area (Å²) >= 11 is 0. The molecule has 0 radical (unpaired) electrons. The van der Waals surface area contributed by atoms with Crippen LogP contribution in [0.3, 0.4) is 0 Å². The van der Waals surface area contributed by atoms with Crippen LogP contribution in [0.5, 0.6) is 0 Å². The number of carbonyl (C=O) groups is 1. The minimum absolute atomic E-state index is 0. The third-order valence-corrected chi connectivity index (χ3v) is 4.66. The molecule has 8 heteroatoms. The Hall–Kier alpha value is -1.11. The van der Waals surface area contributed by atoms with Gasteiger partial charge in [0.2, 0.25) is 5.91 Å². The minimum atomic E-state index is 0. The topological polar surface area (TPSA) is 61.4 Å². The summed E-state index contributed by atoms with van der Waals surface area (Å²) in [4.78, 5) is 16.7. The van der Waals surface area contributed by atoms with E-state index in [1.54, 1.807) is 6.20 Å². The molecule has 1 amide bonds. The Bertz CT molecular complexity index is 485. The number of amides is 1. The van der Waals surface area contributed by atoms with Crippen LogP contribution in [0.1, 0.15) is 25.7 Å². The number of nitrogens with one attached hydrogen (secondary N) is 1. The van der Waals surface area contributed by atoms with Crippen LogP contribution in [-0.2, 0) is 4.79 Å². The van der Waals surface area contributed by atoms with Crippen LogP contribution in [-0.4, -0.2) is 60.3 Å². The minimum Gasteiger partial charge on any atom is -0.353 e. The molecule has 0 aliphatic carbocycles. The van der Waals surface area contributed by atoms with E-state index < -0.39 is 0 Å². The standard InChI is InChI=1S/C16H25N5O.2ClH/c22-16(5-4-14-6-8-17-13-14)21-10-2-9-20(11-12-21)15-3-1-7-18-19-15;;/h1,3,7,14,17H,2,4-6,8-13H2;2*1H. The molecule has 3 heterocycles. The summed E-state index contributed by atoms with van der Waals surface area (Å²) in [6, 6.07) is 3.89. The molecule has 1 unspecified atom stereocenters. The molecule has 2 aliphatic heterocycles. The number of carbonyl (C=O) groups excluding carboxylic acids is 1. The molecule has 3 rings (SSSR count). The maximum Gasteiger partial charge on any atom is 0.222 e. The zero-order chi connectivity index (χ0) is 15.2. The van der Waals surface area contributed by atoms with Crippen molar-refractivity contribution >= 4 is 36.5 Å². The predicted octanol–water partition coefficient (Wildman–Crippen LogP) is 1.75. The second-order valence-electron chi connectivity index (χ2n) is 6.20. The van der Waals surface area contributed by atoms with Crippen molar-refractivity contribution in [2.75, 3.05) is 44.2 Å². The zero-order valence-corrected chi connectivity index (χ0v) is 15.5. The second-order valence-corrected chi connectivity index (χ2v) is 6.20. The first-order valence-corrected chi connectivity index (χ1v) is 8.34. The molecule has 0 spiro atoms. The van der Waals surface area contributed by atoms with Gasteiger partial charge in [-0.3, -0.25) is 4.79 Å². The van der Waals surface area contributed by atoms with Gasteiger partial charge in [0.15, 0.2) is 5.82 Å². The van der Waals surface area contributed by atoms with E-state index in [4.69, 9.17) is 0 Å². The first kappa shape index (κ1) is 20.9. The van der Waals surface area contributed by atoms with Gasteiger partial charge in [0.05, 0.1) is 0 Å². The fourth-order valence-corrected chi connectivity index (χ4v) is 3.30. The Labute approximate surface area is 156 Å². The normalized spacial score (nSPS) is 20.8. The van der Waals surface area contributed by atoms with Crippen molar-refractivity contribution in [2.45, 2.75) is 25.7 Å². The lowest BCUT2D eigenvalue weighted by Crippen LogP contribution is -2.35. The van der Waals surface area contributed by atoms with Gasteiger partial charge < -0.3 is 15.1 Å². The van der Waals surface area contributed by atoms with Gasteiger partial charge >= 0.3 is 0 Å². The molecule has 24 heavy (non-hydrogen) atoms. The first-order valence-electron chi connectivity index (χ1n) is 8.34. The highest BCUT2D eigenvalue weighted by Gasteiger charge is 2.21. The Kier molecular flexibility index (Phi) is 9.33.